The fraction of sp³-hybridized carbons (Fsp3) is 0.500. The highest BCUT2D eigenvalue weighted by Gasteiger charge is 2.47. The maximum absolute atomic E-state index is 11.6. The zero-order valence-electron chi connectivity index (χ0n) is 9.74. The highest BCUT2D eigenvalue weighted by Crippen LogP contribution is 2.47. The quantitative estimate of drug-likeness (QED) is 0.873. The number of thioether (sulfide) groups is 1. The summed E-state index contributed by atoms with van der Waals surface area (Å²) in [4.78, 5) is 12.9. The van der Waals surface area contributed by atoms with Crippen LogP contribution in [-0.2, 0) is 16.6 Å². The molecule has 1 aromatic rings. The van der Waals surface area contributed by atoms with Crippen LogP contribution >= 0.6 is 11.8 Å². The third-order valence-electron chi connectivity index (χ3n) is 4.09. The first-order valence-corrected chi connectivity index (χ1v) is 7.21. The lowest BCUT2D eigenvalue weighted by atomic mass is 9.63. The Kier molecular flexibility index (Phi) is 2.66. The molecule has 90 valence electrons. The van der Waals surface area contributed by atoms with E-state index in [-0.39, 0.29) is 0 Å². The third kappa shape index (κ3) is 1.60. The molecule has 0 atom stereocenters. The van der Waals surface area contributed by atoms with Gasteiger partial charge in [-0.3, -0.25) is 4.79 Å². The van der Waals surface area contributed by atoms with Gasteiger partial charge in [-0.25, -0.2) is 0 Å². The predicted molar refractivity (Wildman–Crippen MR) is 68.7 cm³/mol. The Morgan fingerprint density at radius 3 is 2.76 bits per heavy atom. The first-order valence-electron chi connectivity index (χ1n) is 6.23. The monoisotopic (exact) mass is 248 g/mol. The molecule has 1 heterocycles. The van der Waals surface area contributed by atoms with Crippen LogP contribution < -0.4 is 0 Å². The lowest BCUT2D eigenvalue weighted by Gasteiger charge is -2.40. The minimum atomic E-state index is -0.632. The molecule has 1 saturated carbocycles. The van der Waals surface area contributed by atoms with E-state index in [0.717, 1.165) is 37.0 Å². The Balaban J connectivity index is 2.11. The zero-order valence-corrected chi connectivity index (χ0v) is 10.6. The van der Waals surface area contributed by atoms with E-state index in [4.69, 9.17) is 0 Å². The second kappa shape index (κ2) is 4.05. The van der Waals surface area contributed by atoms with Crippen molar-refractivity contribution in [1.29, 1.82) is 0 Å². The van der Waals surface area contributed by atoms with Gasteiger partial charge in [0.15, 0.2) is 0 Å². The summed E-state index contributed by atoms with van der Waals surface area (Å²) >= 11 is 1.87. The van der Waals surface area contributed by atoms with Gasteiger partial charge in [0.05, 0.1) is 5.41 Å². The summed E-state index contributed by atoms with van der Waals surface area (Å²) in [6.07, 6.45) is 4.88. The molecule has 1 fully saturated rings. The standard InChI is InChI=1S/C14H16O2S/c15-13(16)14(7-3-8-14)11-5-1-6-12-10(11)4-2-9-17-12/h1,5-6H,2-4,7-9H2,(H,15,16). The number of benzene rings is 1. The second-order valence-electron chi connectivity index (χ2n) is 4.98. The molecule has 0 radical (unpaired) electrons. The van der Waals surface area contributed by atoms with E-state index in [1.54, 1.807) is 0 Å². The van der Waals surface area contributed by atoms with Gasteiger partial charge in [-0.2, -0.15) is 0 Å². The van der Waals surface area contributed by atoms with E-state index >= 15 is 0 Å². The van der Waals surface area contributed by atoms with E-state index in [1.807, 2.05) is 23.9 Å². The molecule has 1 aromatic carbocycles. The van der Waals surface area contributed by atoms with Gasteiger partial charge in [0.25, 0.3) is 0 Å². The van der Waals surface area contributed by atoms with Gasteiger partial charge in [-0.05, 0) is 48.6 Å². The summed E-state index contributed by atoms with van der Waals surface area (Å²) in [5.74, 6) is 0.531. The molecule has 0 amide bonds. The van der Waals surface area contributed by atoms with Gasteiger partial charge in [0, 0.05) is 4.90 Å². The first kappa shape index (κ1) is 11.1. The van der Waals surface area contributed by atoms with E-state index in [1.165, 1.54) is 16.9 Å². The summed E-state index contributed by atoms with van der Waals surface area (Å²) < 4.78 is 0. The van der Waals surface area contributed by atoms with Gasteiger partial charge in [0.1, 0.15) is 0 Å². The Morgan fingerprint density at radius 2 is 2.12 bits per heavy atom. The molecule has 3 heteroatoms. The lowest BCUT2D eigenvalue weighted by Crippen LogP contribution is -2.43. The predicted octanol–water partition coefficient (Wildman–Crippen LogP) is 3.23. The number of carbonyl (C=O) groups is 1. The molecular formula is C14H16O2S. The smallest absolute Gasteiger partial charge is 0.314 e. The number of hydrogen-bond donors (Lipinski definition) is 1. The summed E-state index contributed by atoms with van der Waals surface area (Å²) in [5.41, 5.74) is 1.84. The second-order valence-corrected chi connectivity index (χ2v) is 6.11. The normalized spacial score (nSPS) is 21.4. The van der Waals surface area contributed by atoms with Crippen molar-refractivity contribution < 1.29 is 9.90 Å². The van der Waals surface area contributed by atoms with Crippen LogP contribution in [0.3, 0.4) is 0 Å². The van der Waals surface area contributed by atoms with Crippen LogP contribution in [0.4, 0.5) is 0 Å². The van der Waals surface area contributed by atoms with Crippen molar-refractivity contribution in [3.63, 3.8) is 0 Å². The topological polar surface area (TPSA) is 37.3 Å². The van der Waals surface area contributed by atoms with Crippen LogP contribution in [0, 0.1) is 0 Å². The average Bonchev–Trinajstić information content (AvgIpc) is 2.27. The molecule has 1 N–H and O–H groups in total. The number of hydrogen-bond acceptors (Lipinski definition) is 2. The van der Waals surface area contributed by atoms with Crippen LogP contribution in [0.25, 0.3) is 0 Å². The first-order chi connectivity index (χ1) is 8.24. The summed E-state index contributed by atoms with van der Waals surface area (Å²) in [6.45, 7) is 0. The van der Waals surface area contributed by atoms with Crippen molar-refractivity contribution in [3.8, 4) is 0 Å². The minimum Gasteiger partial charge on any atom is -0.481 e. The molecular weight excluding hydrogens is 232 g/mol. The largest absolute Gasteiger partial charge is 0.481 e. The van der Waals surface area contributed by atoms with Crippen LogP contribution in [0.15, 0.2) is 23.1 Å². The summed E-state index contributed by atoms with van der Waals surface area (Å²) in [7, 11) is 0. The van der Waals surface area contributed by atoms with E-state index in [2.05, 4.69) is 6.07 Å². The zero-order chi connectivity index (χ0) is 11.9. The molecule has 0 unspecified atom stereocenters. The number of aliphatic carboxylic acids is 1. The molecule has 2 nitrogen and oxygen atoms in total. The number of rotatable bonds is 2. The highest BCUT2D eigenvalue weighted by molar-refractivity contribution is 7.99. The van der Waals surface area contributed by atoms with Gasteiger partial charge >= 0.3 is 5.97 Å². The van der Waals surface area contributed by atoms with Crippen molar-refractivity contribution in [2.45, 2.75) is 42.4 Å². The molecule has 0 bridgehead atoms. The van der Waals surface area contributed by atoms with Crippen molar-refractivity contribution in [3.05, 3.63) is 29.3 Å². The summed E-state index contributed by atoms with van der Waals surface area (Å²) in [6, 6.07) is 6.20. The van der Waals surface area contributed by atoms with Crippen molar-refractivity contribution in [2.24, 2.45) is 0 Å². The molecule has 1 aliphatic heterocycles. The lowest BCUT2D eigenvalue weighted by molar-refractivity contribution is -0.147. The Labute approximate surface area is 105 Å². The van der Waals surface area contributed by atoms with Crippen LogP contribution in [0.5, 0.6) is 0 Å². The van der Waals surface area contributed by atoms with Crippen molar-refractivity contribution in [1.82, 2.24) is 0 Å². The van der Waals surface area contributed by atoms with Gasteiger partial charge in [-0.1, -0.05) is 18.6 Å². The van der Waals surface area contributed by atoms with Crippen LogP contribution in [-0.4, -0.2) is 16.8 Å². The molecule has 3 rings (SSSR count). The van der Waals surface area contributed by atoms with Crippen LogP contribution in [0.1, 0.15) is 36.8 Å². The van der Waals surface area contributed by atoms with Gasteiger partial charge in [0.2, 0.25) is 0 Å². The Morgan fingerprint density at radius 1 is 1.29 bits per heavy atom. The summed E-state index contributed by atoms with van der Waals surface area (Å²) in [5, 5.41) is 9.53. The van der Waals surface area contributed by atoms with Crippen LogP contribution in [0.2, 0.25) is 0 Å². The number of carboxylic acids is 1. The minimum absolute atomic E-state index is 0.566. The molecule has 17 heavy (non-hydrogen) atoms. The maximum Gasteiger partial charge on any atom is 0.314 e. The van der Waals surface area contributed by atoms with E-state index < -0.39 is 11.4 Å². The van der Waals surface area contributed by atoms with E-state index in [9.17, 15) is 9.90 Å². The maximum atomic E-state index is 11.6. The fourth-order valence-corrected chi connectivity index (χ4v) is 4.04. The third-order valence-corrected chi connectivity index (χ3v) is 5.28. The highest BCUT2D eigenvalue weighted by atomic mass is 32.2. The van der Waals surface area contributed by atoms with E-state index in [0.29, 0.717) is 0 Å². The number of fused-ring (bicyclic) bond motifs is 1. The molecule has 0 aromatic heterocycles. The van der Waals surface area contributed by atoms with Gasteiger partial charge in [-0.15, -0.1) is 11.8 Å². The van der Waals surface area contributed by atoms with Crippen molar-refractivity contribution >= 4 is 17.7 Å². The van der Waals surface area contributed by atoms with Crippen molar-refractivity contribution in [2.75, 3.05) is 5.75 Å². The Bertz CT molecular complexity index is 463. The number of carboxylic acid groups (broad SMARTS) is 1. The fourth-order valence-electron chi connectivity index (χ4n) is 2.97. The molecule has 2 aliphatic rings. The molecule has 0 saturated heterocycles. The molecule has 0 spiro atoms. The Hall–Kier alpha value is -0.960. The average molecular weight is 248 g/mol. The van der Waals surface area contributed by atoms with Gasteiger partial charge < -0.3 is 5.11 Å². The SMILES string of the molecule is O=C(O)C1(c2cccc3c2CCCS3)CCC1. The molecule has 1 aliphatic carbocycles.